The number of carbonyl (C=O) groups is 1. The number of halogens is 2. The molecule has 1 unspecified atom stereocenters. The Kier molecular flexibility index (Phi) is 7.09. The largest absolute Gasteiger partial charge is 0.493 e. The first kappa shape index (κ1) is 27.8. The summed E-state index contributed by atoms with van der Waals surface area (Å²) >= 11 is 6.27. The molecule has 41 heavy (non-hydrogen) atoms. The fourth-order valence-corrected chi connectivity index (χ4v) is 6.86. The molecule has 0 bridgehead atoms. The van der Waals surface area contributed by atoms with E-state index in [9.17, 15) is 22.6 Å². The second kappa shape index (κ2) is 10.5. The molecule has 3 N–H and O–H groups in total. The highest BCUT2D eigenvalue weighted by Gasteiger charge is 2.38. The lowest BCUT2D eigenvalue weighted by atomic mass is 9.79. The first-order valence-electron chi connectivity index (χ1n) is 13.2. The lowest BCUT2D eigenvalue weighted by Gasteiger charge is -2.26. The number of benzene rings is 3. The lowest BCUT2D eigenvalue weighted by molar-refractivity contribution is 0.1000. The van der Waals surface area contributed by atoms with Gasteiger partial charge in [0.05, 0.1) is 23.6 Å². The van der Waals surface area contributed by atoms with Crippen molar-refractivity contribution in [3.8, 4) is 0 Å². The van der Waals surface area contributed by atoms with Crippen LogP contribution < -0.4 is 15.5 Å². The highest BCUT2D eigenvalue weighted by molar-refractivity contribution is 7.92. The molecule has 1 aliphatic heterocycles. The summed E-state index contributed by atoms with van der Waals surface area (Å²) in [5.41, 5.74) is 9.53. The van der Waals surface area contributed by atoms with E-state index >= 15 is 0 Å². The molecule has 0 spiro atoms. The van der Waals surface area contributed by atoms with E-state index < -0.39 is 29.2 Å². The van der Waals surface area contributed by atoms with Gasteiger partial charge in [0.1, 0.15) is 17.2 Å². The van der Waals surface area contributed by atoms with Crippen LogP contribution in [0, 0.1) is 5.82 Å². The maximum atomic E-state index is 13.4. The normalized spacial score (nSPS) is 16.8. The van der Waals surface area contributed by atoms with Gasteiger partial charge in [-0.15, -0.1) is 0 Å². The second-order valence-corrected chi connectivity index (χ2v) is 12.9. The third kappa shape index (κ3) is 5.35. The van der Waals surface area contributed by atoms with Crippen LogP contribution in [0.25, 0.3) is 11.0 Å². The molecular formula is C29H27BClFN2O6S. The monoisotopic (exact) mass is 596 g/mol. The molecule has 2 heterocycles. The van der Waals surface area contributed by atoms with Gasteiger partial charge in [-0.25, -0.2) is 12.8 Å². The summed E-state index contributed by atoms with van der Waals surface area (Å²) < 4.78 is 52.9. The molecule has 12 heteroatoms. The highest BCUT2D eigenvalue weighted by atomic mass is 35.5. The van der Waals surface area contributed by atoms with Crippen molar-refractivity contribution in [3.05, 3.63) is 93.5 Å². The van der Waals surface area contributed by atoms with Gasteiger partial charge in [-0.05, 0) is 66.1 Å². The SMILES string of the molecule is CS(=O)(=O)N(CCC1OB(O)c2c(Cl)cccc21)c1cc2oc(Cc3ccc(F)cc3)c(C(N)=O)c2cc1C1CC1. The molecule has 0 radical (unpaired) electrons. The number of amides is 1. The van der Waals surface area contributed by atoms with E-state index in [1.165, 1.54) is 16.4 Å². The van der Waals surface area contributed by atoms with E-state index in [4.69, 9.17) is 26.4 Å². The zero-order valence-corrected chi connectivity index (χ0v) is 23.7. The minimum atomic E-state index is -3.76. The predicted molar refractivity (Wildman–Crippen MR) is 156 cm³/mol. The molecule has 1 aliphatic carbocycles. The van der Waals surface area contributed by atoms with Crippen LogP contribution in [0.1, 0.15) is 64.1 Å². The van der Waals surface area contributed by atoms with Gasteiger partial charge in [0.25, 0.3) is 5.91 Å². The van der Waals surface area contributed by atoms with Gasteiger partial charge in [0, 0.05) is 34.9 Å². The Bertz CT molecular complexity index is 1770. The van der Waals surface area contributed by atoms with Gasteiger partial charge in [0.15, 0.2) is 0 Å². The van der Waals surface area contributed by atoms with Gasteiger partial charge in [-0.3, -0.25) is 9.10 Å². The molecule has 0 saturated heterocycles. The lowest BCUT2D eigenvalue weighted by Crippen LogP contribution is -2.32. The fraction of sp³-hybridized carbons (Fsp3) is 0.276. The Hall–Kier alpha value is -3.38. The van der Waals surface area contributed by atoms with Crippen molar-refractivity contribution in [1.82, 2.24) is 0 Å². The van der Waals surface area contributed by atoms with Crippen molar-refractivity contribution in [2.24, 2.45) is 5.73 Å². The van der Waals surface area contributed by atoms with E-state index in [0.29, 0.717) is 32.9 Å². The smallest absolute Gasteiger partial charge is 0.460 e. The van der Waals surface area contributed by atoms with Crippen LogP contribution in [0.5, 0.6) is 0 Å². The average Bonchev–Trinajstić information content (AvgIpc) is 3.61. The molecule has 4 aromatic rings. The summed E-state index contributed by atoms with van der Waals surface area (Å²) in [5.74, 6) is -0.591. The van der Waals surface area contributed by atoms with Crippen molar-refractivity contribution < 1.29 is 31.7 Å². The number of sulfonamides is 1. The van der Waals surface area contributed by atoms with E-state index in [1.54, 1.807) is 30.3 Å². The van der Waals surface area contributed by atoms with Crippen LogP contribution in [0.15, 0.2) is 59.0 Å². The Balaban J connectivity index is 1.39. The number of hydrogen-bond donors (Lipinski definition) is 2. The first-order valence-corrected chi connectivity index (χ1v) is 15.5. The van der Waals surface area contributed by atoms with Gasteiger partial charge in [-0.1, -0.05) is 35.9 Å². The molecule has 1 saturated carbocycles. The van der Waals surface area contributed by atoms with Gasteiger partial charge in [-0.2, -0.15) is 0 Å². The highest BCUT2D eigenvalue weighted by Crippen LogP contribution is 2.47. The summed E-state index contributed by atoms with van der Waals surface area (Å²) in [6.45, 7) is 0.0687. The summed E-state index contributed by atoms with van der Waals surface area (Å²) in [4.78, 5) is 12.6. The third-order valence-electron chi connectivity index (χ3n) is 7.69. The van der Waals surface area contributed by atoms with E-state index in [0.717, 1.165) is 35.8 Å². The number of fused-ring (bicyclic) bond motifs is 2. The van der Waals surface area contributed by atoms with Crippen LogP contribution >= 0.6 is 11.6 Å². The molecule has 8 nitrogen and oxygen atoms in total. The molecule has 2 aliphatic rings. The van der Waals surface area contributed by atoms with Crippen molar-refractivity contribution in [3.63, 3.8) is 0 Å². The summed E-state index contributed by atoms with van der Waals surface area (Å²) in [5, 5.41) is 11.3. The van der Waals surface area contributed by atoms with Crippen LogP contribution in [-0.2, 0) is 21.1 Å². The zero-order valence-electron chi connectivity index (χ0n) is 22.1. The Morgan fingerprint density at radius 1 is 1.17 bits per heavy atom. The molecule has 6 rings (SSSR count). The van der Waals surface area contributed by atoms with Crippen LogP contribution in [0.3, 0.4) is 0 Å². The first-order chi connectivity index (χ1) is 19.5. The van der Waals surface area contributed by atoms with E-state index in [-0.39, 0.29) is 36.7 Å². The quantitative estimate of drug-likeness (QED) is 0.276. The molecule has 1 fully saturated rings. The minimum Gasteiger partial charge on any atom is -0.460 e. The van der Waals surface area contributed by atoms with Crippen molar-refractivity contribution >= 4 is 56.8 Å². The number of carbonyl (C=O) groups excluding carboxylic acids is 1. The number of furan rings is 1. The molecule has 1 atom stereocenters. The Labute approximate surface area is 242 Å². The number of hydrogen-bond acceptors (Lipinski definition) is 6. The standard InChI is InChI=1S/C29H27BClFN2O6S/c1-41(37,38)34(12-11-24-19-3-2-4-22(31)28(19)30(36)40-24)23-15-25-21(14-20(23)17-7-8-17)27(29(33)35)26(39-25)13-16-5-9-18(32)10-6-16/h2-6,9-10,14-15,17,24,36H,7-8,11-13H2,1H3,(H2,33,35). The maximum absolute atomic E-state index is 13.4. The van der Waals surface area contributed by atoms with E-state index in [1.807, 2.05) is 12.1 Å². The van der Waals surface area contributed by atoms with Crippen LogP contribution in [0.2, 0.25) is 5.02 Å². The van der Waals surface area contributed by atoms with Gasteiger partial charge < -0.3 is 19.8 Å². The van der Waals surface area contributed by atoms with Crippen molar-refractivity contribution in [1.29, 1.82) is 0 Å². The maximum Gasteiger partial charge on any atom is 0.493 e. The third-order valence-corrected chi connectivity index (χ3v) is 9.20. The van der Waals surface area contributed by atoms with Gasteiger partial charge in [0.2, 0.25) is 10.0 Å². The zero-order chi connectivity index (χ0) is 29.1. The van der Waals surface area contributed by atoms with E-state index in [2.05, 4.69) is 0 Å². The molecule has 212 valence electrons. The topological polar surface area (TPSA) is 123 Å². The van der Waals surface area contributed by atoms with Gasteiger partial charge >= 0.3 is 7.12 Å². The molecular weight excluding hydrogens is 570 g/mol. The number of anilines is 1. The number of rotatable bonds is 9. The van der Waals surface area contributed by atoms with Crippen molar-refractivity contribution in [2.75, 3.05) is 17.1 Å². The number of nitrogens with zero attached hydrogens (tertiary/aromatic N) is 1. The number of nitrogens with two attached hydrogens (primary N) is 1. The second-order valence-electron chi connectivity index (χ2n) is 10.6. The summed E-state index contributed by atoms with van der Waals surface area (Å²) in [6, 6.07) is 14.6. The molecule has 3 aromatic carbocycles. The Morgan fingerprint density at radius 3 is 2.56 bits per heavy atom. The average molecular weight is 597 g/mol. The minimum absolute atomic E-state index is 0.0687. The summed E-state index contributed by atoms with van der Waals surface area (Å²) in [7, 11) is -4.95. The van der Waals surface area contributed by atoms with Crippen molar-refractivity contribution in [2.45, 2.75) is 37.7 Å². The fourth-order valence-electron chi connectivity index (χ4n) is 5.63. The predicted octanol–water partition coefficient (Wildman–Crippen LogP) is 4.41. The summed E-state index contributed by atoms with van der Waals surface area (Å²) in [6.07, 6.45) is 2.82. The van der Waals surface area contributed by atoms with Crippen LogP contribution in [0.4, 0.5) is 10.1 Å². The molecule has 1 aromatic heterocycles. The number of primary amides is 1. The Morgan fingerprint density at radius 2 is 1.90 bits per heavy atom. The van der Waals surface area contributed by atoms with Crippen LogP contribution in [-0.4, -0.2) is 39.3 Å². The molecule has 1 amide bonds.